The van der Waals surface area contributed by atoms with Crippen LogP contribution in [0.25, 0.3) is 17.3 Å². The van der Waals surface area contributed by atoms with Gasteiger partial charge in [0.2, 0.25) is 0 Å². The molecule has 126 valence electrons. The van der Waals surface area contributed by atoms with Gasteiger partial charge in [-0.3, -0.25) is 4.79 Å². The zero-order chi connectivity index (χ0) is 17.8. The number of hydrogen-bond acceptors (Lipinski definition) is 6. The number of pyridine rings is 1. The maximum atomic E-state index is 12.2. The Morgan fingerprint density at radius 2 is 2.04 bits per heavy atom. The molecule has 1 N–H and O–H groups in total. The van der Waals surface area contributed by atoms with Crippen molar-refractivity contribution in [2.75, 3.05) is 6.61 Å². The van der Waals surface area contributed by atoms with Gasteiger partial charge in [0, 0.05) is 5.56 Å². The Morgan fingerprint density at radius 1 is 1.28 bits per heavy atom. The molecule has 1 saturated heterocycles. The van der Waals surface area contributed by atoms with Gasteiger partial charge in [-0.05, 0) is 25.1 Å². The topological polar surface area (TPSA) is 68.3 Å². The van der Waals surface area contributed by atoms with E-state index < -0.39 is 5.97 Å². The molecule has 2 heterocycles. The number of thiocarbonyl (C=S) groups is 1. The Labute approximate surface area is 154 Å². The Morgan fingerprint density at radius 3 is 2.68 bits per heavy atom. The predicted octanol–water partition coefficient (Wildman–Crippen LogP) is 3.41. The first-order valence-electron chi connectivity index (χ1n) is 7.57. The normalized spacial score (nSPS) is 15.3. The second-order valence-corrected chi connectivity index (χ2v) is 6.79. The third-order valence-corrected chi connectivity index (χ3v) is 4.56. The SMILES string of the molecule is CCOC(=O)c1ccc(-c2ccccc2)nc1/C=C1\SC(=S)NC1=O. The molecule has 1 aliphatic rings. The maximum absolute atomic E-state index is 12.2. The quantitative estimate of drug-likeness (QED) is 0.505. The lowest BCUT2D eigenvalue weighted by Crippen LogP contribution is -2.17. The van der Waals surface area contributed by atoms with Crippen molar-refractivity contribution >= 4 is 46.3 Å². The summed E-state index contributed by atoms with van der Waals surface area (Å²) >= 11 is 6.14. The largest absolute Gasteiger partial charge is 0.462 e. The minimum absolute atomic E-state index is 0.259. The van der Waals surface area contributed by atoms with Gasteiger partial charge in [0.1, 0.15) is 4.32 Å². The van der Waals surface area contributed by atoms with Crippen molar-refractivity contribution in [1.82, 2.24) is 10.3 Å². The van der Waals surface area contributed by atoms with E-state index >= 15 is 0 Å². The van der Waals surface area contributed by atoms with Crippen LogP contribution in [-0.4, -0.2) is 27.8 Å². The van der Waals surface area contributed by atoms with E-state index in [9.17, 15) is 9.59 Å². The minimum Gasteiger partial charge on any atom is -0.462 e. The van der Waals surface area contributed by atoms with Gasteiger partial charge in [-0.25, -0.2) is 9.78 Å². The van der Waals surface area contributed by atoms with Crippen LogP contribution in [0.4, 0.5) is 0 Å². The number of thioether (sulfide) groups is 1. The molecule has 0 radical (unpaired) electrons. The van der Waals surface area contributed by atoms with Crippen molar-refractivity contribution in [3.8, 4) is 11.3 Å². The number of hydrogen-bond donors (Lipinski definition) is 1. The van der Waals surface area contributed by atoms with E-state index in [4.69, 9.17) is 17.0 Å². The second-order valence-electron chi connectivity index (χ2n) is 5.07. The van der Waals surface area contributed by atoms with Gasteiger partial charge in [-0.2, -0.15) is 0 Å². The first-order chi connectivity index (χ1) is 12.1. The van der Waals surface area contributed by atoms with Gasteiger partial charge >= 0.3 is 5.97 Å². The molecular weight excluding hydrogens is 356 g/mol. The number of aromatic nitrogens is 1. The Bertz CT molecular complexity index is 879. The van der Waals surface area contributed by atoms with Crippen molar-refractivity contribution in [3.63, 3.8) is 0 Å². The highest BCUT2D eigenvalue weighted by molar-refractivity contribution is 8.26. The summed E-state index contributed by atoms with van der Waals surface area (Å²) in [6.45, 7) is 2.00. The summed E-state index contributed by atoms with van der Waals surface area (Å²) in [7, 11) is 0. The smallest absolute Gasteiger partial charge is 0.340 e. The van der Waals surface area contributed by atoms with Crippen LogP contribution in [0.5, 0.6) is 0 Å². The third-order valence-electron chi connectivity index (χ3n) is 3.40. The molecule has 1 aliphatic heterocycles. The van der Waals surface area contributed by atoms with Gasteiger partial charge in [0.25, 0.3) is 5.91 Å². The third kappa shape index (κ3) is 3.94. The molecule has 1 amide bonds. The zero-order valence-corrected chi connectivity index (χ0v) is 14.9. The number of carbonyl (C=O) groups is 2. The molecule has 2 aromatic rings. The van der Waals surface area contributed by atoms with Crippen molar-refractivity contribution < 1.29 is 14.3 Å². The number of amides is 1. The van der Waals surface area contributed by atoms with Crippen LogP contribution in [0.3, 0.4) is 0 Å². The van der Waals surface area contributed by atoms with Crippen molar-refractivity contribution in [3.05, 3.63) is 58.6 Å². The highest BCUT2D eigenvalue weighted by Crippen LogP contribution is 2.28. The molecule has 1 aromatic carbocycles. The highest BCUT2D eigenvalue weighted by Gasteiger charge is 2.24. The molecule has 0 unspecified atom stereocenters. The van der Waals surface area contributed by atoms with Crippen LogP contribution in [0.15, 0.2) is 47.4 Å². The molecule has 25 heavy (non-hydrogen) atoms. The summed E-state index contributed by atoms with van der Waals surface area (Å²) in [6, 6.07) is 13.0. The molecule has 3 rings (SSSR count). The second kappa shape index (κ2) is 7.58. The lowest BCUT2D eigenvalue weighted by Gasteiger charge is -2.08. The van der Waals surface area contributed by atoms with Crippen molar-refractivity contribution in [2.24, 2.45) is 0 Å². The molecule has 0 bridgehead atoms. The summed E-state index contributed by atoms with van der Waals surface area (Å²) in [4.78, 5) is 29.1. The van der Waals surface area contributed by atoms with Gasteiger partial charge in [0.15, 0.2) is 0 Å². The number of ether oxygens (including phenoxy) is 1. The van der Waals surface area contributed by atoms with Crippen LogP contribution in [0.1, 0.15) is 23.0 Å². The number of carbonyl (C=O) groups excluding carboxylic acids is 2. The zero-order valence-electron chi connectivity index (χ0n) is 13.3. The highest BCUT2D eigenvalue weighted by atomic mass is 32.2. The summed E-state index contributed by atoms with van der Waals surface area (Å²) < 4.78 is 5.47. The Kier molecular flexibility index (Phi) is 5.25. The van der Waals surface area contributed by atoms with Crippen LogP contribution >= 0.6 is 24.0 Å². The molecule has 0 saturated carbocycles. The predicted molar refractivity (Wildman–Crippen MR) is 102 cm³/mol. The van der Waals surface area contributed by atoms with Crippen molar-refractivity contribution in [1.29, 1.82) is 0 Å². The van der Waals surface area contributed by atoms with E-state index in [1.54, 1.807) is 25.1 Å². The molecule has 1 aromatic heterocycles. The molecule has 0 spiro atoms. The van der Waals surface area contributed by atoms with Crippen LogP contribution in [0, 0.1) is 0 Å². The fourth-order valence-corrected chi connectivity index (χ4v) is 3.30. The molecule has 7 heteroatoms. The van der Waals surface area contributed by atoms with E-state index in [0.29, 0.717) is 26.2 Å². The monoisotopic (exact) mass is 370 g/mol. The first-order valence-corrected chi connectivity index (χ1v) is 8.79. The fraction of sp³-hybridized carbons (Fsp3) is 0.111. The molecule has 0 atom stereocenters. The van der Waals surface area contributed by atoms with Gasteiger partial charge in [0.05, 0.1) is 28.5 Å². The number of rotatable bonds is 4. The van der Waals surface area contributed by atoms with Gasteiger partial charge < -0.3 is 10.1 Å². The van der Waals surface area contributed by atoms with Crippen LogP contribution < -0.4 is 5.32 Å². The number of benzene rings is 1. The first kappa shape index (κ1) is 17.3. The Hall–Kier alpha value is -2.51. The average molecular weight is 370 g/mol. The van der Waals surface area contributed by atoms with E-state index in [2.05, 4.69) is 10.3 Å². The summed E-state index contributed by atoms with van der Waals surface area (Å²) in [5, 5.41) is 2.55. The van der Waals surface area contributed by atoms with Gasteiger partial charge in [-0.1, -0.05) is 54.3 Å². The number of nitrogens with one attached hydrogen (secondary N) is 1. The lowest BCUT2D eigenvalue weighted by molar-refractivity contribution is -0.115. The van der Waals surface area contributed by atoms with E-state index in [1.165, 1.54) is 0 Å². The summed E-state index contributed by atoms with van der Waals surface area (Å²) in [6.07, 6.45) is 1.57. The van der Waals surface area contributed by atoms with Gasteiger partial charge in [-0.15, -0.1) is 0 Å². The van der Waals surface area contributed by atoms with Crippen LogP contribution in [0.2, 0.25) is 0 Å². The van der Waals surface area contributed by atoms with E-state index in [1.807, 2.05) is 30.3 Å². The maximum Gasteiger partial charge on any atom is 0.340 e. The molecular formula is C18H14N2O3S2. The van der Waals surface area contributed by atoms with E-state index in [0.717, 1.165) is 17.3 Å². The molecule has 1 fully saturated rings. The summed E-state index contributed by atoms with van der Waals surface area (Å²) in [5.74, 6) is -0.774. The van der Waals surface area contributed by atoms with E-state index in [-0.39, 0.29) is 12.5 Å². The number of nitrogens with zero attached hydrogens (tertiary/aromatic N) is 1. The fourth-order valence-electron chi connectivity index (χ4n) is 2.28. The summed E-state index contributed by atoms with van der Waals surface area (Å²) in [5.41, 5.74) is 2.30. The molecule has 5 nitrogen and oxygen atoms in total. The lowest BCUT2D eigenvalue weighted by atomic mass is 10.1. The van der Waals surface area contributed by atoms with Crippen LogP contribution in [-0.2, 0) is 9.53 Å². The average Bonchev–Trinajstić information content (AvgIpc) is 2.93. The number of esters is 1. The minimum atomic E-state index is -0.479. The molecule has 0 aliphatic carbocycles. The standard InChI is InChI=1S/C18H14N2O3S2/c1-2-23-17(22)12-8-9-13(11-6-4-3-5-7-11)19-14(12)10-15-16(21)20-18(24)25-15/h3-10H,2H2,1H3,(H,20,21,24)/b15-10-. The Balaban J connectivity index is 2.08. The van der Waals surface area contributed by atoms with Crippen molar-refractivity contribution in [2.45, 2.75) is 6.92 Å².